The van der Waals surface area contributed by atoms with Crippen LogP contribution in [0.25, 0.3) is 5.69 Å². The summed E-state index contributed by atoms with van der Waals surface area (Å²) < 4.78 is 1.71. The van der Waals surface area contributed by atoms with E-state index in [4.69, 9.17) is 0 Å². The van der Waals surface area contributed by atoms with E-state index < -0.39 is 0 Å². The van der Waals surface area contributed by atoms with Gasteiger partial charge in [0.05, 0.1) is 19.1 Å². The van der Waals surface area contributed by atoms with Crippen LogP contribution in [0.2, 0.25) is 0 Å². The second kappa shape index (κ2) is 8.31. The van der Waals surface area contributed by atoms with Crippen LogP contribution in [0, 0.1) is 0 Å². The summed E-state index contributed by atoms with van der Waals surface area (Å²) >= 11 is 0. The Morgan fingerprint density at radius 3 is 2.52 bits per heavy atom. The molecule has 0 bridgehead atoms. The standard InChI is InChI=1S/C21H22N4O2/c1-3-16-9-7-8-12-18(16)23-20(26)14-24(2)21(27)19-13-22-15-25(19)17-10-5-4-6-11-17/h4-13,15H,3,14H2,1-2H3,(H,23,26). The summed E-state index contributed by atoms with van der Waals surface area (Å²) in [5, 5.41) is 2.88. The largest absolute Gasteiger partial charge is 0.331 e. The third-order valence-electron chi connectivity index (χ3n) is 4.29. The van der Waals surface area contributed by atoms with Crippen LogP contribution in [0.1, 0.15) is 23.0 Å². The van der Waals surface area contributed by atoms with Crippen molar-refractivity contribution >= 4 is 17.5 Å². The fraction of sp³-hybridized carbons (Fsp3) is 0.190. The molecule has 0 atom stereocenters. The number of anilines is 1. The minimum atomic E-state index is -0.268. The first-order valence-corrected chi connectivity index (χ1v) is 8.81. The lowest BCUT2D eigenvalue weighted by molar-refractivity contribution is -0.116. The van der Waals surface area contributed by atoms with Gasteiger partial charge in [0, 0.05) is 18.4 Å². The summed E-state index contributed by atoms with van der Waals surface area (Å²) in [5.41, 5.74) is 3.08. The van der Waals surface area contributed by atoms with Crippen LogP contribution >= 0.6 is 0 Å². The number of rotatable bonds is 6. The minimum absolute atomic E-state index is 0.0448. The molecular weight excluding hydrogens is 340 g/mol. The monoisotopic (exact) mass is 362 g/mol. The topological polar surface area (TPSA) is 67.2 Å². The third kappa shape index (κ3) is 4.23. The van der Waals surface area contributed by atoms with Crippen LogP contribution in [-0.2, 0) is 11.2 Å². The van der Waals surface area contributed by atoms with E-state index in [0.717, 1.165) is 23.4 Å². The normalized spacial score (nSPS) is 10.4. The summed E-state index contributed by atoms with van der Waals surface area (Å²) in [4.78, 5) is 30.7. The van der Waals surface area contributed by atoms with E-state index in [1.165, 1.54) is 11.1 Å². The van der Waals surface area contributed by atoms with Gasteiger partial charge in [-0.3, -0.25) is 14.2 Å². The molecule has 1 heterocycles. The number of hydrogen-bond donors (Lipinski definition) is 1. The molecule has 0 spiro atoms. The number of benzene rings is 2. The van der Waals surface area contributed by atoms with Gasteiger partial charge >= 0.3 is 0 Å². The van der Waals surface area contributed by atoms with Crippen LogP contribution in [0.5, 0.6) is 0 Å². The smallest absolute Gasteiger partial charge is 0.272 e. The van der Waals surface area contributed by atoms with Crippen molar-refractivity contribution in [2.45, 2.75) is 13.3 Å². The van der Waals surface area contributed by atoms with Gasteiger partial charge in [0.25, 0.3) is 5.91 Å². The molecule has 0 aliphatic carbocycles. The summed E-state index contributed by atoms with van der Waals surface area (Å²) in [6.45, 7) is 1.99. The number of carbonyl (C=O) groups is 2. The number of imidazole rings is 1. The predicted molar refractivity (Wildman–Crippen MR) is 105 cm³/mol. The Balaban J connectivity index is 1.70. The van der Waals surface area contributed by atoms with Gasteiger partial charge in [0.2, 0.25) is 5.91 Å². The predicted octanol–water partition coefficient (Wildman–Crippen LogP) is 3.15. The quantitative estimate of drug-likeness (QED) is 0.732. The van der Waals surface area contributed by atoms with Gasteiger partial charge in [0.15, 0.2) is 0 Å². The Morgan fingerprint density at radius 2 is 1.78 bits per heavy atom. The maximum atomic E-state index is 12.8. The second-order valence-electron chi connectivity index (χ2n) is 6.20. The van der Waals surface area contributed by atoms with Crippen molar-refractivity contribution in [1.29, 1.82) is 0 Å². The van der Waals surface area contributed by atoms with E-state index in [0.29, 0.717) is 5.69 Å². The fourth-order valence-corrected chi connectivity index (χ4v) is 2.87. The van der Waals surface area contributed by atoms with Gasteiger partial charge in [-0.05, 0) is 30.2 Å². The van der Waals surface area contributed by atoms with Gasteiger partial charge in [-0.1, -0.05) is 43.3 Å². The number of hydrogen-bond acceptors (Lipinski definition) is 3. The molecule has 2 aromatic carbocycles. The van der Waals surface area contributed by atoms with Gasteiger partial charge in [-0.2, -0.15) is 0 Å². The lowest BCUT2D eigenvalue weighted by atomic mass is 10.1. The molecule has 0 unspecified atom stereocenters. The number of amides is 2. The Labute approximate surface area is 158 Å². The average Bonchev–Trinajstić information content (AvgIpc) is 3.18. The van der Waals surface area contributed by atoms with Gasteiger partial charge in [-0.15, -0.1) is 0 Å². The second-order valence-corrected chi connectivity index (χ2v) is 6.20. The summed E-state index contributed by atoms with van der Waals surface area (Å²) in [5.74, 6) is -0.507. The van der Waals surface area contributed by atoms with Crippen LogP contribution in [-0.4, -0.2) is 39.9 Å². The Hall–Kier alpha value is -3.41. The molecule has 2 amide bonds. The van der Waals surface area contributed by atoms with Crippen molar-refractivity contribution < 1.29 is 9.59 Å². The van der Waals surface area contributed by atoms with E-state index in [2.05, 4.69) is 10.3 Å². The molecule has 1 N–H and O–H groups in total. The molecule has 0 fully saturated rings. The summed E-state index contributed by atoms with van der Waals surface area (Å²) in [7, 11) is 1.61. The van der Waals surface area contributed by atoms with Crippen molar-refractivity contribution in [2.75, 3.05) is 18.9 Å². The van der Waals surface area contributed by atoms with Crippen LogP contribution in [0.4, 0.5) is 5.69 Å². The molecule has 3 rings (SSSR count). The molecule has 0 radical (unpaired) electrons. The van der Waals surface area contributed by atoms with Crippen LogP contribution < -0.4 is 5.32 Å². The molecule has 0 saturated heterocycles. The van der Waals surface area contributed by atoms with Crippen molar-refractivity contribution in [3.8, 4) is 5.69 Å². The SMILES string of the molecule is CCc1ccccc1NC(=O)CN(C)C(=O)c1cncn1-c1ccccc1. The van der Waals surface area contributed by atoms with E-state index in [1.54, 1.807) is 17.9 Å². The first kappa shape index (κ1) is 18.4. The number of carbonyl (C=O) groups excluding carboxylic acids is 2. The molecule has 6 nitrogen and oxygen atoms in total. The fourth-order valence-electron chi connectivity index (χ4n) is 2.87. The van der Waals surface area contributed by atoms with Crippen molar-refractivity contribution in [2.24, 2.45) is 0 Å². The average molecular weight is 362 g/mol. The van der Waals surface area contributed by atoms with Crippen LogP contribution in [0.15, 0.2) is 67.1 Å². The van der Waals surface area contributed by atoms with Gasteiger partial charge < -0.3 is 10.2 Å². The first-order chi connectivity index (χ1) is 13.1. The van der Waals surface area contributed by atoms with Crippen molar-refractivity contribution in [3.63, 3.8) is 0 Å². The number of para-hydroxylation sites is 2. The Bertz CT molecular complexity index is 934. The molecular formula is C21H22N4O2. The zero-order valence-electron chi connectivity index (χ0n) is 15.4. The molecule has 138 valence electrons. The highest BCUT2D eigenvalue weighted by Crippen LogP contribution is 2.16. The zero-order chi connectivity index (χ0) is 19.2. The zero-order valence-corrected chi connectivity index (χ0v) is 15.4. The lowest BCUT2D eigenvalue weighted by Crippen LogP contribution is -2.35. The maximum Gasteiger partial charge on any atom is 0.272 e. The molecule has 0 aliphatic heterocycles. The molecule has 0 saturated carbocycles. The number of aromatic nitrogens is 2. The Morgan fingerprint density at radius 1 is 1.07 bits per heavy atom. The van der Waals surface area contributed by atoms with Crippen molar-refractivity contribution in [3.05, 3.63) is 78.4 Å². The number of aryl methyl sites for hydroxylation is 1. The number of nitrogens with one attached hydrogen (secondary N) is 1. The van der Waals surface area contributed by atoms with Crippen LogP contribution in [0.3, 0.4) is 0 Å². The first-order valence-electron chi connectivity index (χ1n) is 8.81. The number of nitrogens with zero attached hydrogens (tertiary/aromatic N) is 3. The molecule has 0 aliphatic rings. The highest BCUT2D eigenvalue weighted by molar-refractivity contribution is 5.98. The maximum absolute atomic E-state index is 12.8. The van der Waals surface area contributed by atoms with Gasteiger partial charge in [-0.25, -0.2) is 4.98 Å². The highest BCUT2D eigenvalue weighted by atomic mass is 16.2. The lowest BCUT2D eigenvalue weighted by Gasteiger charge is -2.18. The van der Waals surface area contributed by atoms with E-state index in [-0.39, 0.29) is 18.4 Å². The molecule has 1 aromatic heterocycles. The summed E-state index contributed by atoms with van der Waals surface area (Å²) in [6, 6.07) is 17.1. The molecule has 27 heavy (non-hydrogen) atoms. The number of likely N-dealkylation sites (N-methyl/N-ethyl adjacent to an activating group) is 1. The van der Waals surface area contributed by atoms with Crippen molar-refractivity contribution in [1.82, 2.24) is 14.5 Å². The Kier molecular flexibility index (Phi) is 5.66. The molecule has 3 aromatic rings. The van der Waals surface area contributed by atoms with E-state index >= 15 is 0 Å². The highest BCUT2D eigenvalue weighted by Gasteiger charge is 2.19. The summed E-state index contributed by atoms with van der Waals surface area (Å²) in [6.07, 6.45) is 3.92. The third-order valence-corrected chi connectivity index (χ3v) is 4.29. The van der Waals surface area contributed by atoms with E-state index in [9.17, 15) is 9.59 Å². The minimum Gasteiger partial charge on any atom is -0.331 e. The van der Waals surface area contributed by atoms with E-state index in [1.807, 2.05) is 61.5 Å². The molecule has 6 heteroatoms. The van der Waals surface area contributed by atoms with Gasteiger partial charge in [0.1, 0.15) is 5.69 Å².